The minimum absolute atomic E-state index is 0.727. The van der Waals surface area contributed by atoms with E-state index in [1.807, 2.05) is 11.3 Å². The first-order valence-electron chi connectivity index (χ1n) is 13.6. The van der Waals surface area contributed by atoms with Gasteiger partial charge in [0.2, 0.25) is 0 Å². The highest BCUT2D eigenvalue weighted by molar-refractivity contribution is 7.27. The lowest BCUT2D eigenvalue weighted by Crippen LogP contribution is -1.93. The summed E-state index contributed by atoms with van der Waals surface area (Å²) in [5.41, 5.74) is 6.53. The van der Waals surface area contributed by atoms with Gasteiger partial charge in [0.05, 0.1) is 31.7 Å². The summed E-state index contributed by atoms with van der Waals surface area (Å²) >= 11 is 3.55. The number of benzene rings is 6. The Morgan fingerprint density at radius 2 is 1.15 bits per heavy atom. The molecule has 9 aromatic rings. The zero-order chi connectivity index (χ0) is 27.1. The molecule has 2 nitrogen and oxygen atoms in total. The van der Waals surface area contributed by atoms with Crippen LogP contribution in [0.4, 0.5) is 0 Å². The number of hydrogen-bond donors (Lipinski definition) is 0. The van der Waals surface area contributed by atoms with E-state index in [4.69, 9.17) is 0 Å². The third kappa shape index (κ3) is 3.16. The van der Waals surface area contributed by atoms with Crippen LogP contribution in [0, 0.1) is 11.3 Å². The minimum atomic E-state index is 0.727. The zero-order valence-corrected chi connectivity index (χ0v) is 23.4. The van der Waals surface area contributed by atoms with Crippen molar-refractivity contribution in [2.75, 3.05) is 0 Å². The number of thiophene rings is 2. The van der Waals surface area contributed by atoms with E-state index in [-0.39, 0.29) is 0 Å². The number of para-hydroxylation sites is 2. The predicted molar refractivity (Wildman–Crippen MR) is 177 cm³/mol. The van der Waals surface area contributed by atoms with Gasteiger partial charge in [0.1, 0.15) is 6.07 Å². The first-order chi connectivity index (χ1) is 20.3. The van der Waals surface area contributed by atoms with Gasteiger partial charge >= 0.3 is 0 Å². The van der Waals surface area contributed by atoms with Gasteiger partial charge in [0, 0.05) is 41.7 Å². The summed E-state index contributed by atoms with van der Waals surface area (Å²) in [6.07, 6.45) is 0. The van der Waals surface area contributed by atoms with Crippen LogP contribution in [0.15, 0.2) is 121 Å². The molecule has 41 heavy (non-hydrogen) atoms. The highest BCUT2D eigenvalue weighted by Crippen LogP contribution is 2.45. The van der Waals surface area contributed by atoms with E-state index in [9.17, 15) is 5.26 Å². The van der Waals surface area contributed by atoms with Gasteiger partial charge in [-0.2, -0.15) is 5.26 Å². The van der Waals surface area contributed by atoms with E-state index in [0.717, 1.165) is 26.9 Å². The molecule has 0 atom stereocenters. The van der Waals surface area contributed by atoms with E-state index < -0.39 is 0 Å². The van der Waals surface area contributed by atoms with Gasteiger partial charge in [-0.25, -0.2) is 0 Å². The first-order valence-corrected chi connectivity index (χ1v) is 15.2. The number of hydrogen-bond acceptors (Lipinski definition) is 3. The SMILES string of the molecule is N#Cc1cc(-c2cccc3c2sc2ccccc23)cc2c1sc1c(-n3c4ccccc4c4ccccc43)cccc12. The second-order valence-electron chi connectivity index (χ2n) is 10.4. The third-order valence-electron chi connectivity index (χ3n) is 8.23. The highest BCUT2D eigenvalue weighted by Gasteiger charge is 2.19. The molecule has 0 fully saturated rings. The maximum absolute atomic E-state index is 10.3. The van der Waals surface area contributed by atoms with E-state index in [2.05, 4.69) is 132 Å². The Bertz CT molecular complexity index is 2500. The number of fused-ring (bicyclic) bond motifs is 9. The van der Waals surface area contributed by atoms with Gasteiger partial charge in [-0.1, -0.05) is 84.9 Å². The Balaban J connectivity index is 1.35. The predicted octanol–water partition coefficient (Wildman–Crippen LogP) is 11.1. The molecule has 0 aliphatic carbocycles. The Hall–Kier alpha value is -4.95. The minimum Gasteiger partial charge on any atom is -0.308 e. The molecular weight excluding hydrogens is 537 g/mol. The Labute approximate surface area is 243 Å². The van der Waals surface area contributed by atoms with Crippen molar-refractivity contribution in [3.05, 3.63) is 127 Å². The van der Waals surface area contributed by atoms with Crippen LogP contribution in [0.25, 0.3) is 79.0 Å². The number of nitrogens with zero attached hydrogens (tertiary/aromatic N) is 2. The molecule has 3 heterocycles. The van der Waals surface area contributed by atoms with Crippen LogP contribution < -0.4 is 0 Å². The topological polar surface area (TPSA) is 28.7 Å². The summed E-state index contributed by atoms with van der Waals surface area (Å²) in [6, 6.07) is 45.8. The number of rotatable bonds is 2. The molecule has 4 heteroatoms. The standard InChI is InChI=1S/C37H20N2S2/c38-21-23-19-22(24-12-7-13-28-27-11-3-6-18-34(27)40-36(24)28)20-30-29-14-8-17-33(37(29)41-35(23)30)39-31-15-4-1-9-25(31)26-10-2-5-16-32(26)39/h1-20H. The van der Waals surface area contributed by atoms with E-state index in [0.29, 0.717) is 0 Å². The lowest BCUT2D eigenvalue weighted by Gasteiger charge is -2.09. The summed E-state index contributed by atoms with van der Waals surface area (Å²) in [4.78, 5) is 0. The Morgan fingerprint density at radius 3 is 1.90 bits per heavy atom. The second kappa shape index (κ2) is 8.52. The number of nitriles is 1. The van der Waals surface area contributed by atoms with Crippen molar-refractivity contribution in [1.29, 1.82) is 5.26 Å². The van der Waals surface area contributed by atoms with Gasteiger partial charge < -0.3 is 4.57 Å². The maximum atomic E-state index is 10.3. The summed E-state index contributed by atoms with van der Waals surface area (Å²) in [7, 11) is 0. The van der Waals surface area contributed by atoms with Crippen LogP contribution in [0.1, 0.15) is 5.56 Å². The van der Waals surface area contributed by atoms with E-state index in [1.165, 1.54) is 57.6 Å². The molecule has 0 saturated carbocycles. The van der Waals surface area contributed by atoms with Crippen molar-refractivity contribution < 1.29 is 0 Å². The smallest absolute Gasteiger partial charge is 0.101 e. The average Bonchev–Trinajstić information content (AvgIpc) is 3.70. The van der Waals surface area contributed by atoms with Crippen LogP contribution in [0.3, 0.4) is 0 Å². The summed E-state index contributed by atoms with van der Waals surface area (Å²) in [5, 5.41) is 17.7. The van der Waals surface area contributed by atoms with Crippen LogP contribution in [0.5, 0.6) is 0 Å². The summed E-state index contributed by atoms with van der Waals surface area (Å²) in [6.45, 7) is 0. The van der Waals surface area contributed by atoms with Gasteiger partial charge in [-0.05, 0) is 47.5 Å². The highest BCUT2D eigenvalue weighted by atomic mass is 32.1. The molecule has 0 aliphatic rings. The van der Waals surface area contributed by atoms with Gasteiger partial charge in [0.15, 0.2) is 0 Å². The number of aromatic nitrogens is 1. The second-order valence-corrected chi connectivity index (χ2v) is 12.5. The molecule has 3 aromatic heterocycles. The molecule has 0 bridgehead atoms. The van der Waals surface area contributed by atoms with Crippen molar-refractivity contribution >= 4 is 84.8 Å². The van der Waals surface area contributed by atoms with Crippen LogP contribution in [0.2, 0.25) is 0 Å². The largest absolute Gasteiger partial charge is 0.308 e. The first kappa shape index (κ1) is 22.8. The Morgan fingerprint density at radius 1 is 0.512 bits per heavy atom. The molecule has 0 radical (unpaired) electrons. The van der Waals surface area contributed by atoms with Gasteiger partial charge in [-0.15, -0.1) is 22.7 Å². The lowest BCUT2D eigenvalue weighted by molar-refractivity contribution is 1.20. The fraction of sp³-hybridized carbons (Fsp3) is 0. The van der Waals surface area contributed by atoms with Crippen molar-refractivity contribution in [2.24, 2.45) is 0 Å². The fourth-order valence-corrected chi connectivity index (χ4v) is 8.94. The molecule has 6 aromatic carbocycles. The summed E-state index contributed by atoms with van der Waals surface area (Å²) < 4.78 is 7.18. The molecule has 0 saturated heterocycles. The van der Waals surface area contributed by atoms with Gasteiger partial charge in [0.25, 0.3) is 0 Å². The Kier molecular flexibility index (Phi) is 4.74. The maximum Gasteiger partial charge on any atom is 0.101 e. The zero-order valence-electron chi connectivity index (χ0n) is 21.8. The average molecular weight is 557 g/mol. The molecule has 0 amide bonds. The van der Waals surface area contributed by atoms with E-state index in [1.54, 1.807) is 11.3 Å². The molecule has 0 unspecified atom stereocenters. The van der Waals surface area contributed by atoms with Crippen molar-refractivity contribution in [3.63, 3.8) is 0 Å². The van der Waals surface area contributed by atoms with Crippen LogP contribution in [-0.2, 0) is 0 Å². The molecule has 9 rings (SSSR count). The van der Waals surface area contributed by atoms with Crippen molar-refractivity contribution in [3.8, 4) is 22.9 Å². The normalized spacial score (nSPS) is 11.9. The van der Waals surface area contributed by atoms with Crippen molar-refractivity contribution in [2.45, 2.75) is 0 Å². The fourth-order valence-electron chi connectivity index (χ4n) is 6.46. The lowest BCUT2D eigenvalue weighted by atomic mass is 9.98. The molecular formula is C37H20N2S2. The van der Waals surface area contributed by atoms with Crippen LogP contribution >= 0.6 is 22.7 Å². The van der Waals surface area contributed by atoms with Crippen molar-refractivity contribution in [1.82, 2.24) is 4.57 Å². The third-order valence-corrected chi connectivity index (χ3v) is 10.7. The molecule has 0 spiro atoms. The monoisotopic (exact) mass is 556 g/mol. The van der Waals surface area contributed by atoms with Gasteiger partial charge in [-0.3, -0.25) is 0 Å². The van der Waals surface area contributed by atoms with E-state index >= 15 is 0 Å². The van der Waals surface area contributed by atoms with Crippen LogP contribution in [-0.4, -0.2) is 4.57 Å². The molecule has 190 valence electrons. The quantitative estimate of drug-likeness (QED) is 0.208. The molecule has 0 aliphatic heterocycles. The molecule has 0 N–H and O–H groups in total. The summed E-state index contributed by atoms with van der Waals surface area (Å²) in [5.74, 6) is 0.